The second-order valence-corrected chi connectivity index (χ2v) is 12.7. The lowest BCUT2D eigenvalue weighted by atomic mass is 9.97. The number of amides is 2. The van der Waals surface area contributed by atoms with E-state index in [9.17, 15) is 27.6 Å². The van der Waals surface area contributed by atoms with Gasteiger partial charge in [0.25, 0.3) is 5.91 Å². The Morgan fingerprint density at radius 1 is 1.04 bits per heavy atom. The second-order valence-electron chi connectivity index (χ2n) is 11.1. The maximum absolute atomic E-state index is 14.5. The van der Waals surface area contributed by atoms with Crippen LogP contribution >= 0.6 is 0 Å². The normalized spacial score (nSPS) is 16.2. The van der Waals surface area contributed by atoms with Crippen molar-refractivity contribution in [2.75, 3.05) is 33.7 Å². The molecule has 45 heavy (non-hydrogen) atoms. The summed E-state index contributed by atoms with van der Waals surface area (Å²) in [5.41, 5.74) is -0.495. The van der Waals surface area contributed by atoms with Gasteiger partial charge in [0.05, 0.1) is 32.2 Å². The van der Waals surface area contributed by atoms with Crippen LogP contribution in [0.2, 0.25) is 0 Å². The zero-order chi connectivity index (χ0) is 34.3. The van der Waals surface area contributed by atoms with Crippen molar-refractivity contribution in [2.24, 2.45) is 0 Å². The Hall–Kier alpha value is -4.27. The van der Waals surface area contributed by atoms with Gasteiger partial charge < -0.3 is 27.9 Å². The van der Waals surface area contributed by atoms with E-state index in [4.69, 9.17) is 27.9 Å². The number of methoxy groups -OCH3 is 2. The number of carbonyl (C=O) groups is 4. The summed E-state index contributed by atoms with van der Waals surface area (Å²) in [6.45, 7) is 9.70. The molecule has 0 saturated heterocycles. The van der Waals surface area contributed by atoms with Crippen molar-refractivity contribution < 1.29 is 55.5 Å². The third kappa shape index (κ3) is 9.86. The van der Waals surface area contributed by atoms with E-state index in [0.717, 1.165) is 18.1 Å². The van der Waals surface area contributed by atoms with Crippen molar-refractivity contribution in [1.29, 1.82) is 0 Å². The molecule has 1 heterocycles. The summed E-state index contributed by atoms with van der Waals surface area (Å²) in [6.07, 6.45) is 4.75. The number of rotatable bonds is 12. The molecular weight excluding hydrogens is 612 g/mol. The van der Waals surface area contributed by atoms with Crippen LogP contribution in [0.15, 0.2) is 30.1 Å². The van der Waals surface area contributed by atoms with Crippen LogP contribution in [0.5, 0.6) is 17.2 Å². The topological polar surface area (TPSA) is 164 Å². The minimum absolute atomic E-state index is 0.00115. The van der Waals surface area contributed by atoms with Gasteiger partial charge in [0.1, 0.15) is 30.6 Å². The Morgan fingerprint density at radius 3 is 2.16 bits per heavy atom. The first-order valence-corrected chi connectivity index (χ1v) is 15.7. The summed E-state index contributed by atoms with van der Waals surface area (Å²) in [7, 11) is -1.49. The first-order valence-electron chi connectivity index (χ1n) is 13.9. The average molecular weight is 655 g/mol. The molecule has 1 aromatic carbocycles. The van der Waals surface area contributed by atoms with Crippen LogP contribution in [0.25, 0.3) is 0 Å². The van der Waals surface area contributed by atoms with Gasteiger partial charge in [-0.2, -0.15) is 8.42 Å². The molecule has 15 heteroatoms. The smallest absolute Gasteiger partial charge is 0.415 e. The van der Waals surface area contributed by atoms with Crippen molar-refractivity contribution >= 4 is 34.1 Å². The molecular formula is C30H42N2O12S. The third-order valence-electron chi connectivity index (χ3n) is 6.32. The molecule has 0 saturated carbocycles. The molecule has 0 unspecified atom stereocenters. The predicted octanol–water partition coefficient (Wildman–Crippen LogP) is 3.77. The molecule has 0 aromatic heterocycles. The van der Waals surface area contributed by atoms with Crippen molar-refractivity contribution in [3.8, 4) is 17.2 Å². The van der Waals surface area contributed by atoms with Gasteiger partial charge in [-0.3, -0.25) is 24.2 Å². The molecule has 0 bridgehead atoms. The average Bonchev–Trinajstić information content (AvgIpc) is 2.91. The summed E-state index contributed by atoms with van der Waals surface area (Å²) in [6, 6.07) is -1.02. The molecule has 0 N–H and O–H groups in total. The molecule has 1 aromatic rings. The van der Waals surface area contributed by atoms with Crippen molar-refractivity contribution in [1.82, 2.24) is 9.80 Å². The summed E-state index contributed by atoms with van der Waals surface area (Å²) in [5, 5.41) is 0. The van der Waals surface area contributed by atoms with Gasteiger partial charge in [0, 0.05) is 31.2 Å². The number of hydrogen-bond donors (Lipinski definition) is 0. The van der Waals surface area contributed by atoms with Crippen LogP contribution in [0.1, 0.15) is 65.1 Å². The molecule has 2 atom stereocenters. The summed E-state index contributed by atoms with van der Waals surface area (Å²) in [5.74, 6) is -2.11. The van der Waals surface area contributed by atoms with E-state index < -0.39 is 65.0 Å². The summed E-state index contributed by atoms with van der Waals surface area (Å²) >= 11 is 0. The monoisotopic (exact) mass is 654 g/mol. The zero-order valence-electron chi connectivity index (χ0n) is 27.3. The minimum Gasteiger partial charge on any atom is -0.496 e. The molecule has 0 spiro atoms. The zero-order valence-corrected chi connectivity index (χ0v) is 28.1. The fourth-order valence-corrected chi connectivity index (χ4v) is 4.99. The van der Waals surface area contributed by atoms with E-state index in [1.807, 2.05) is 0 Å². The molecule has 14 nitrogen and oxygen atoms in total. The number of ether oxygens (including phenoxy) is 5. The number of allylic oxidation sites excluding steroid dienone is 1. The Labute approximate surface area is 263 Å². The van der Waals surface area contributed by atoms with Crippen LogP contribution in [-0.4, -0.2) is 87.5 Å². The Kier molecular flexibility index (Phi) is 12.4. The highest BCUT2D eigenvalue weighted by Gasteiger charge is 2.44. The van der Waals surface area contributed by atoms with E-state index in [0.29, 0.717) is 5.56 Å². The van der Waals surface area contributed by atoms with Gasteiger partial charge in [0.2, 0.25) is 0 Å². The van der Waals surface area contributed by atoms with Crippen LogP contribution in [0.4, 0.5) is 4.79 Å². The van der Waals surface area contributed by atoms with Crippen LogP contribution in [0.3, 0.4) is 0 Å². The number of hydrogen-bond acceptors (Lipinski definition) is 12. The third-order valence-corrected chi connectivity index (χ3v) is 6.79. The number of nitrogens with zero attached hydrogens (tertiary/aromatic N) is 2. The highest BCUT2D eigenvalue weighted by molar-refractivity contribution is 7.86. The molecule has 1 aliphatic heterocycles. The maximum atomic E-state index is 14.5. The lowest BCUT2D eigenvalue weighted by Gasteiger charge is -2.42. The summed E-state index contributed by atoms with van der Waals surface area (Å²) < 4.78 is 57.6. The first kappa shape index (κ1) is 36.9. The molecule has 0 radical (unpaired) electrons. The number of carbonyl (C=O) groups excluding carboxylic acids is 4. The Bertz CT molecular complexity index is 1460. The highest BCUT2D eigenvalue weighted by atomic mass is 32.2. The van der Waals surface area contributed by atoms with E-state index in [1.54, 1.807) is 46.8 Å². The lowest BCUT2D eigenvalue weighted by molar-refractivity contribution is -0.149. The van der Waals surface area contributed by atoms with E-state index in [1.165, 1.54) is 38.3 Å². The van der Waals surface area contributed by atoms with E-state index in [2.05, 4.69) is 0 Å². The van der Waals surface area contributed by atoms with Crippen molar-refractivity contribution in [3.05, 3.63) is 41.2 Å². The van der Waals surface area contributed by atoms with Crippen molar-refractivity contribution in [3.63, 3.8) is 0 Å². The fourth-order valence-electron chi connectivity index (χ4n) is 4.51. The molecule has 0 aliphatic carbocycles. The van der Waals surface area contributed by atoms with Gasteiger partial charge in [-0.05, 0) is 47.1 Å². The van der Waals surface area contributed by atoms with Crippen LogP contribution < -0.4 is 13.7 Å². The van der Waals surface area contributed by atoms with Crippen LogP contribution in [0, 0.1) is 6.92 Å². The quantitative estimate of drug-likeness (QED) is 0.139. The number of benzene rings is 1. The summed E-state index contributed by atoms with van der Waals surface area (Å²) in [4.78, 5) is 54.1. The lowest BCUT2D eigenvalue weighted by Crippen LogP contribution is -2.55. The minimum atomic E-state index is -4.17. The van der Waals surface area contributed by atoms with Gasteiger partial charge in [-0.15, -0.1) is 0 Å². The fraction of sp³-hybridized carbons (Fsp3) is 0.533. The van der Waals surface area contributed by atoms with E-state index >= 15 is 0 Å². The van der Waals surface area contributed by atoms with Gasteiger partial charge in [-0.1, -0.05) is 12.2 Å². The van der Waals surface area contributed by atoms with Gasteiger partial charge in [-0.25, -0.2) is 4.79 Å². The molecule has 2 rings (SSSR count). The SMILES string of the molecule is C/C=C/C[C@H]1C(=O)N([C@@H](COC(C)=O)c2cc(OC)c(C)c(OC)c2OS(C)(=O)=O)C(COC(C)=O)=CN1C(=O)OC(C)(C)C. The second kappa shape index (κ2) is 15.1. The molecule has 2 amide bonds. The number of esters is 2. The Morgan fingerprint density at radius 2 is 1.67 bits per heavy atom. The highest BCUT2D eigenvalue weighted by Crippen LogP contribution is 2.46. The van der Waals surface area contributed by atoms with Gasteiger partial charge >= 0.3 is 28.1 Å². The standard InChI is InChI=1S/C30H42N2O12S/c1-11-12-13-23-28(35)32(21(16-41-19(3)33)15-31(23)29(36)43-30(5,6)7)24(17-42-20(4)34)22-14-25(39-8)18(2)26(40-9)27(22)44-45(10,37)38/h11-12,14-15,23-24H,13,16-17H2,1-10H3/b12-11+/t23-,24-/m0/s1. The van der Waals surface area contributed by atoms with Crippen LogP contribution in [-0.2, 0) is 38.7 Å². The maximum Gasteiger partial charge on any atom is 0.415 e. The van der Waals surface area contributed by atoms with Crippen molar-refractivity contribution in [2.45, 2.75) is 72.6 Å². The first-order chi connectivity index (χ1) is 20.8. The Balaban J connectivity index is 3.01. The van der Waals surface area contributed by atoms with Gasteiger partial charge in [0.15, 0.2) is 11.5 Å². The molecule has 250 valence electrons. The largest absolute Gasteiger partial charge is 0.496 e. The van der Waals surface area contributed by atoms with E-state index in [-0.39, 0.29) is 34.9 Å². The molecule has 1 aliphatic rings. The molecule has 0 fully saturated rings. The predicted molar refractivity (Wildman–Crippen MR) is 162 cm³/mol.